The van der Waals surface area contributed by atoms with Gasteiger partial charge in [0, 0.05) is 37.3 Å². The molecule has 1 fully saturated rings. The fourth-order valence-electron chi connectivity index (χ4n) is 4.19. The minimum atomic E-state index is -4.59. The van der Waals surface area contributed by atoms with Crippen molar-refractivity contribution in [3.05, 3.63) is 42.2 Å². The van der Waals surface area contributed by atoms with E-state index in [1.54, 1.807) is 12.1 Å². The maximum absolute atomic E-state index is 14.6. The quantitative estimate of drug-likeness (QED) is 0.242. The van der Waals surface area contributed by atoms with Crippen molar-refractivity contribution in [3.8, 4) is 17.6 Å². The number of piperidine rings is 1. The first-order valence-electron chi connectivity index (χ1n) is 11.8. The van der Waals surface area contributed by atoms with Crippen molar-refractivity contribution in [2.24, 2.45) is 0 Å². The molecule has 1 aliphatic heterocycles. The van der Waals surface area contributed by atoms with Crippen LogP contribution in [0.3, 0.4) is 0 Å². The average molecular weight is 586 g/mol. The molecule has 0 unspecified atom stereocenters. The highest BCUT2D eigenvalue weighted by Crippen LogP contribution is 2.39. The summed E-state index contributed by atoms with van der Waals surface area (Å²) in [5.41, 5.74) is -3.71. The Morgan fingerprint density at radius 3 is 2.69 bits per heavy atom. The number of imidazole rings is 1. The monoisotopic (exact) mass is 585 g/mol. The van der Waals surface area contributed by atoms with Gasteiger partial charge in [0.1, 0.15) is 22.6 Å². The number of benzene rings is 1. The highest BCUT2D eigenvalue weighted by Gasteiger charge is 2.33. The number of pyridine rings is 1. The Morgan fingerprint density at radius 1 is 1.26 bits per heavy atom. The number of rotatable bonds is 7. The van der Waals surface area contributed by atoms with Gasteiger partial charge in [0.15, 0.2) is 15.5 Å². The van der Waals surface area contributed by atoms with E-state index in [0.29, 0.717) is 30.1 Å². The van der Waals surface area contributed by atoms with Gasteiger partial charge in [-0.3, -0.25) is 4.40 Å². The zero-order valence-corrected chi connectivity index (χ0v) is 23.0. The molecular weight excluding hydrogens is 558 g/mol. The number of methoxy groups -OCH3 is 1. The van der Waals surface area contributed by atoms with E-state index in [4.69, 9.17) is 4.74 Å². The summed E-state index contributed by atoms with van der Waals surface area (Å²) in [6, 6.07) is 7.01. The van der Waals surface area contributed by atoms with E-state index in [-0.39, 0.29) is 46.1 Å². The average Bonchev–Trinajstić information content (AvgIpc) is 3.19. The van der Waals surface area contributed by atoms with Crippen LogP contribution < -0.4 is 15.4 Å². The van der Waals surface area contributed by atoms with Crippen LogP contribution in [0.5, 0.6) is 5.75 Å². The molecule has 4 rings (SSSR count). The predicted molar refractivity (Wildman–Crippen MR) is 143 cm³/mol. The molecule has 0 spiro atoms. The standard InChI is InChI=1S/C25H27F4N5O3S2/c1-33-13-10-18(17(26)15-33)31-19-7-5-12-34-23(19)32-20(24(34)38-25(27,28)29)6-4-11-30-21-14-16(39(3,35)36)8-9-22(21)37-2/h5,7-9,12,14,17-18,30-31H,10-11,13,15H2,1-3H3/t17-,18+/m0/s1. The van der Waals surface area contributed by atoms with E-state index in [1.165, 1.54) is 35.9 Å². The number of likely N-dealkylation sites (tertiary alicyclic amines) is 1. The number of anilines is 2. The van der Waals surface area contributed by atoms with Gasteiger partial charge >= 0.3 is 5.51 Å². The molecule has 1 aromatic carbocycles. The molecule has 2 atom stereocenters. The molecule has 1 saturated heterocycles. The van der Waals surface area contributed by atoms with E-state index < -0.39 is 27.6 Å². The summed E-state index contributed by atoms with van der Waals surface area (Å²) in [5, 5.41) is 5.84. The van der Waals surface area contributed by atoms with Crippen LogP contribution in [0.25, 0.3) is 5.65 Å². The summed E-state index contributed by atoms with van der Waals surface area (Å²) in [6.45, 7) is 0.913. The normalized spacial score (nSPS) is 18.4. The van der Waals surface area contributed by atoms with Crippen molar-refractivity contribution in [1.82, 2.24) is 14.3 Å². The lowest BCUT2D eigenvalue weighted by molar-refractivity contribution is -0.0329. The van der Waals surface area contributed by atoms with Gasteiger partial charge in [0.25, 0.3) is 0 Å². The van der Waals surface area contributed by atoms with Crippen molar-refractivity contribution in [3.63, 3.8) is 0 Å². The SMILES string of the molecule is COc1ccc(S(C)(=O)=O)cc1NCC#Cc1nc2c(N[C@@H]3CCN(C)C[C@@H]3F)cccn2c1SC(F)(F)F. The number of hydrogen-bond acceptors (Lipinski definition) is 8. The van der Waals surface area contributed by atoms with Gasteiger partial charge in [0.2, 0.25) is 0 Å². The summed E-state index contributed by atoms with van der Waals surface area (Å²) in [6.07, 6.45) is 1.91. The fraction of sp³-hybridized carbons (Fsp3) is 0.400. The number of ether oxygens (including phenoxy) is 1. The van der Waals surface area contributed by atoms with Crippen molar-refractivity contribution < 1.29 is 30.7 Å². The molecule has 3 aromatic rings. The zero-order valence-electron chi connectivity index (χ0n) is 21.3. The van der Waals surface area contributed by atoms with E-state index >= 15 is 0 Å². The van der Waals surface area contributed by atoms with E-state index in [2.05, 4.69) is 27.5 Å². The molecule has 2 N–H and O–H groups in total. The highest BCUT2D eigenvalue weighted by atomic mass is 32.2. The maximum Gasteiger partial charge on any atom is 0.447 e. The summed E-state index contributed by atoms with van der Waals surface area (Å²) >= 11 is -0.333. The Kier molecular flexibility index (Phi) is 8.53. The maximum atomic E-state index is 14.6. The van der Waals surface area contributed by atoms with Crippen molar-refractivity contribution in [2.45, 2.75) is 34.1 Å². The van der Waals surface area contributed by atoms with Gasteiger partial charge in [-0.2, -0.15) is 13.2 Å². The van der Waals surface area contributed by atoms with Crippen LogP contribution in [0.4, 0.5) is 28.9 Å². The number of nitrogens with one attached hydrogen (secondary N) is 2. The van der Waals surface area contributed by atoms with Crippen LogP contribution in [0.1, 0.15) is 12.1 Å². The molecule has 1 aliphatic rings. The van der Waals surface area contributed by atoms with E-state index in [9.17, 15) is 26.0 Å². The zero-order chi connectivity index (χ0) is 28.4. The van der Waals surface area contributed by atoms with E-state index in [0.717, 1.165) is 6.26 Å². The smallest absolute Gasteiger partial charge is 0.447 e. The molecule has 3 heterocycles. The fourth-order valence-corrected chi connectivity index (χ4v) is 5.49. The number of aromatic nitrogens is 2. The van der Waals surface area contributed by atoms with Crippen LogP contribution in [0.15, 0.2) is 46.5 Å². The number of nitrogens with zero attached hydrogens (tertiary/aromatic N) is 3. The minimum absolute atomic E-state index is 0.0300. The Balaban J connectivity index is 1.63. The first-order chi connectivity index (χ1) is 18.4. The predicted octanol–water partition coefficient (Wildman–Crippen LogP) is 4.28. The van der Waals surface area contributed by atoms with Crippen molar-refractivity contribution in [2.75, 3.05) is 50.7 Å². The molecule has 2 aromatic heterocycles. The van der Waals surface area contributed by atoms with E-state index in [1.807, 2.05) is 11.9 Å². The summed E-state index contributed by atoms with van der Waals surface area (Å²) in [5.74, 6) is 5.82. The first-order valence-corrected chi connectivity index (χ1v) is 14.5. The summed E-state index contributed by atoms with van der Waals surface area (Å²) < 4.78 is 85.3. The van der Waals surface area contributed by atoms with Gasteiger partial charge in [-0.1, -0.05) is 5.92 Å². The molecule has 8 nitrogen and oxygen atoms in total. The third kappa shape index (κ3) is 7.09. The Morgan fingerprint density at radius 2 is 2.03 bits per heavy atom. The van der Waals surface area contributed by atoms with Crippen molar-refractivity contribution in [1.29, 1.82) is 0 Å². The van der Waals surface area contributed by atoms with Gasteiger partial charge in [-0.25, -0.2) is 17.8 Å². The van der Waals surface area contributed by atoms with Gasteiger partial charge < -0.3 is 20.3 Å². The number of sulfone groups is 1. The molecule has 0 radical (unpaired) electrons. The summed E-state index contributed by atoms with van der Waals surface area (Å²) in [7, 11) is -0.215. The Labute approximate surface area is 228 Å². The van der Waals surface area contributed by atoms with Crippen LogP contribution in [-0.4, -0.2) is 80.5 Å². The molecule has 0 aliphatic carbocycles. The lowest BCUT2D eigenvalue weighted by Crippen LogP contribution is -2.46. The Bertz CT molecular complexity index is 1520. The Hall–Kier alpha value is -3.15. The largest absolute Gasteiger partial charge is 0.495 e. The van der Waals surface area contributed by atoms with Gasteiger partial charge in [0.05, 0.1) is 36.0 Å². The lowest BCUT2D eigenvalue weighted by atomic mass is 10.0. The second kappa shape index (κ2) is 11.5. The molecule has 0 saturated carbocycles. The van der Waals surface area contributed by atoms with Gasteiger partial charge in [-0.05, 0) is 49.7 Å². The van der Waals surface area contributed by atoms with Crippen LogP contribution in [0.2, 0.25) is 0 Å². The molecule has 39 heavy (non-hydrogen) atoms. The topological polar surface area (TPSA) is 88.0 Å². The lowest BCUT2D eigenvalue weighted by Gasteiger charge is -2.33. The second-order valence-corrected chi connectivity index (χ2v) is 12.1. The minimum Gasteiger partial charge on any atom is -0.495 e. The number of fused-ring (bicyclic) bond motifs is 1. The third-order valence-corrected chi connectivity index (χ3v) is 8.00. The molecule has 210 valence electrons. The number of halogens is 4. The molecular formula is C25H27F4N5O3S2. The number of alkyl halides is 4. The number of thioether (sulfide) groups is 1. The van der Waals surface area contributed by atoms with Crippen LogP contribution >= 0.6 is 11.8 Å². The number of hydrogen-bond donors (Lipinski definition) is 2. The van der Waals surface area contributed by atoms with Crippen LogP contribution in [0, 0.1) is 11.8 Å². The first kappa shape index (κ1) is 28.8. The van der Waals surface area contributed by atoms with Crippen molar-refractivity contribution >= 4 is 38.6 Å². The molecule has 14 heteroatoms. The second-order valence-electron chi connectivity index (χ2n) is 9.04. The van der Waals surface area contributed by atoms with Crippen LogP contribution in [-0.2, 0) is 9.84 Å². The summed E-state index contributed by atoms with van der Waals surface area (Å²) in [4.78, 5) is 6.32. The highest BCUT2D eigenvalue weighted by molar-refractivity contribution is 8.00. The molecule has 0 amide bonds. The molecule has 0 bridgehead atoms. The third-order valence-electron chi connectivity index (χ3n) is 6.08. The van der Waals surface area contributed by atoms with Gasteiger partial charge in [-0.15, -0.1) is 0 Å².